The minimum absolute atomic E-state index is 0.0226. The van der Waals surface area contributed by atoms with Gasteiger partial charge in [-0.15, -0.1) is 6.42 Å². The zero-order chi connectivity index (χ0) is 19.9. The molecule has 0 aromatic heterocycles. The minimum Gasteiger partial charge on any atom is -0.341 e. The van der Waals surface area contributed by atoms with Gasteiger partial charge in [0, 0.05) is 5.69 Å². The van der Waals surface area contributed by atoms with Gasteiger partial charge in [0.15, 0.2) is 0 Å². The molecule has 7 heteroatoms. The Hall–Kier alpha value is -2.49. The fraction of sp³-hybridized carbons (Fsp3) is 0.250. The highest BCUT2D eigenvalue weighted by Crippen LogP contribution is 2.23. The third kappa shape index (κ3) is 5.75. The van der Waals surface area contributed by atoms with E-state index in [9.17, 15) is 13.2 Å². The molecule has 2 rings (SSSR count). The van der Waals surface area contributed by atoms with Gasteiger partial charge in [0.05, 0.1) is 22.0 Å². The van der Waals surface area contributed by atoms with Crippen molar-refractivity contribution in [3.05, 3.63) is 58.6 Å². The quantitative estimate of drug-likeness (QED) is 0.656. The number of sulfonamides is 1. The van der Waals surface area contributed by atoms with E-state index >= 15 is 0 Å². The van der Waals surface area contributed by atoms with Crippen LogP contribution < -0.4 is 10.0 Å². The van der Waals surface area contributed by atoms with Crippen molar-refractivity contribution in [2.75, 3.05) is 11.3 Å². The summed E-state index contributed by atoms with van der Waals surface area (Å²) in [4.78, 5) is 12.0. The molecule has 0 fully saturated rings. The molecule has 0 radical (unpaired) electrons. The van der Waals surface area contributed by atoms with Crippen LogP contribution in [0.4, 0.5) is 5.69 Å². The van der Waals surface area contributed by atoms with Gasteiger partial charge in [-0.1, -0.05) is 43.0 Å². The summed E-state index contributed by atoms with van der Waals surface area (Å²) >= 11 is 6.01. The summed E-state index contributed by atoms with van der Waals surface area (Å²) in [5.41, 5.74) is 1.65. The monoisotopic (exact) mass is 404 g/mol. The first kappa shape index (κ1) is 20.8. The van der Waals surface area contributed by atoms with Gasteiger partial charge in [-0.25, -0.2) is 8.42 Å². The van der Waals surface area contributed by atoms with E-state index in [1.807, 2.05) is 12.1 Å². The maximum absolute atomic E-state index is 12.6. The third-order valence-electron chi connectivity index (χ3n) is 3.87. The SMILES string of the molecule is C#CCNC(=O)c1cc(S(=O)(=O)Nc2ccc(CCCC)cc2)ccc1Cl. The van der Waals surface area contributed by atoms with Crippen LogP contribution in [-0.2, 0) is 16.4 Å². The van der Waals surface area contributed by atoms with E-state index < -0.39 is 15.9 Å². The second-order valence-electron chi connectivity index (χ2n) is 5.93. The zero-order valence-electron chi connectivity index (χ0n) is 15.0. The highest BCUT2D eigenvalue weighted by atomic mass is 35.5. The molecule has 0 aliphatic rings. The maximum Gasteiger partial charge on any atom is 0.261 e. The van der Waals surface area contributed by atoms with Crippen LogP contribution in [0.1, 0.15) is 35.7 Å². The number of benzene rings is 2. The standard InChI is InChI=1S/C20H21ClN2O3S/c1-3-5-6-15-7-9-16(10-8-15)23-27(25,26)17-11-12-19(21)18(14-17)20(24)22-13-4-2/h2,7-12,14,23H,3,5-6,13H2,1H3,(H,22,24). The Kier molecular flexibility index (Phi) is 7.28. The molecule has 142 valence electrons. The molecular weight excluding hydrogens is 384 g/mol. The van der Waals surface area contributed by atoms with Gasteiger partial charge in [0.2, 0.25) is 0 Å². The molecule has 0 saturated heterocycles. The molecule has 5 nitrogen and oxygen atoms in total. The summed E-state index contributed by atoms with van der Waals surface area (Å²) in [6.45, 7) is 2.14. The van der Waals surface area contributed by atoms with Crippen molar-refractivity contribution >= 4 is 33.2 Å². The van der Waals surface area contributed by atoms with Crippen LogP contribution in [0.25, 0.3) is 0 Å². The summed E-state index contributed by atoms with van der Waals surface area (Å²) in [5, 5.41) is 2.61. The van der Waals surface area contributed by atoms with E-state index in [4.69, 9.17) is 18.0 Å². The number of halogens is 1. The molecular formula is C20H21ClN2O3S. The number of anilines is 1. The molecule has 2 aromatic rings. The highest BCUT2D eigenvalue weighted by molar-refractivity contribution is 7.92. The number of aryl methyl sites for hydroxylation is 1. The average Bonchev–Trinajstić information content (AvgIpc) is 2.65. The Morgan fingerprint density at radius 3 is 2.52 bits per heavy atom. The van der Waals surface area contributed by atoms with Gasteiger partial charge in [-0.05, 0) is 48.7 Å². The Morgan fingerprint density at radius 1 is 1.19 bits per heavy atom. The highest BCUT2D eigenvalue weighted by Gasteiger charge is 2.19. The third-order valence-corrected chi connectivity index (χ3v) is 5.58. The number of terminal acetylenes is 1. The van der Waals surface area contributed by atoms with Crippen LogP contribution in [0.2, 0.25) is 5.02 Å². The molecule has 2 N–H and O–H groups in total. The van der Waals surface area contributed by atoms with Crippen LogP contribution in [0.3, 0.4) is 0 Å². The van der Waals surface area contributed by atoms with Crippen LogP contribution in [-0.4, -0.2) is 20.9 Å². The molecule has 0 aliphatic heterocycles. The van der Waals surface area contributed by atoms with Gasteiger partial charge in [0.25, 0.3) is 15.9 Å². The normalized spacial score (nSPS) is 10.9. The predicted octanol–water partition coefficient (Wildman–Crippen LogP) is 3.85. The fourth-order valence-electron chi connectivity index (χ4n) is 2.41. The van der Waals surface area contributed by atoms with E-state index in [0.717, 1.165) is 24.8 Å². The van der Waals surface area contributed by atoms with Gasteiger partial charge >= 0.3 is 0 Å². The van der Waals surface area contributed by atoms with Crippen molar-refractivity contribution in [2.24, 2.45) is 0 Å². The molecule has 0 saturated carbocycles. The molecule has 0 aliphatic carbocycles. The molecule has 0 spiro atoms. The van der Waals surface area contributed by atoms with Gasteiger partial charge in [-0.2, -0.15) is 0 Å². The number of hydrogen-bond donors (Lipinski definition) is 2. The summed E-state index contributed by atoms with van der Waals surface area (Å²) in [6.07, 6.45) is 8.25. The summed E-state index contributed by atoms with van der Waals surface area (Å²) in [6, 6.07) is 11.2. The van der Waals surface area contributed by atoms with Crippen molar-refractivity contribution in [3.8, 4) is 12.3 Å². The minimum atomic E-state index is -3.87. The van der Waals surface area contributed by atoms with Crippen LogP contribution >= 0.6 is 11.6 Å². The molecule has 27 heavy (non-hydrogen) atoms. The van der Waals surface area contributed by atoms with Crippen LogP contribution in [0, 0.1) is 12.3 Å². The first-order chi connectivity index (χ1) is 12.9. The summed E-state index contributed by atoms with van der Waals surface area (Å²) in [5.74, 6) is 1.74. The molecule has 1 amide bonds. The zero-order valence-corrected chi connectivity index (χ0v) is 16.5. The van der Waals surface area contributed by atoms with Crippen LogP contribution in [0.5, 0.6) is 0 Å². The lowest BCUT2D eigenvalue weighted by molar-refractivity contribution is 0.0958. The smallest absolute Gasteiger partial charge is 0.261 e. The number of rotatable bonds is 8. The van der Waals surface area contributed by atoms with Gasteiger partial charge in [0.1, 0.15) is 0 Å². The van der Waals surface area contributed by atoms with E-state index in [1.54, 1.807) is 12.1 Å². The van der Waals surface area contributed by atoms with Crippen molar-refractivity contribution in [3.63, 3.8) is 0 Å². The summed E-state index contributed by atoms with van der Waals surface area (Å²) < 4.78 is 27.8. The fourth-order valence-corrected chi connectivity index (χ4v) is 3.69. The molecule has 0 heterocycles. The average molecular weight is 405 g/mol. The van der Waals surface area contributed by atoms with Crippen molar-refractivity contribution < 1.29 is 13.2 Å². The van der Waals surface area contributed by atoms with E-state index in [1.165, 1.54) is 18.2 Å². The number of hydrogen-bond acceptors (Lipinski definition) is 3. The molecule has 0 atom stereocenters. The van der Waals surface area contributed by atoms with E-state index in [2.05, 4.69) is 22.9 Å². The Bertz CT molecular complexity index is 948. The van der Waals surface area contributed by atoms with Gasteiger partial charge in [-0.3, -0.25) is 9.52 Å². The predicted molar refractivity (Wildman–Crippen MR) is 108 cm³/mol. The Labute approximate surface area is 165 Å². The molecule has 0 bridgehead atoms. The van der Waals surface area contributed by atoms with Crippen molar-refractivity contribution in [1.82, 2.24) is 5.32 Å². The lowest BCUT2D eigenvalue weighted by Gasteiger charge is -2.11. The number of nitrogens with one attached hydrogen (secondary N) is 2. The van der Waals surface area contributed by atoms with Crippen molar-refractivity contribution in [2.45, 2.75) is 31.1 Å². The number of carbonyl (C=O) groups excluding carboxylic acids is 1. The number of unbranched alkanes of at least 4 members (excludes halogenated alkanes) is 1. The second kappa shape index (κ2) is 9.45. The Morgan fingerprint density at radius 2 is 1.89 bits per heavy atom. The summed E-state index contributed by atoms with van der Waals surface area (Å²) in [7, 11) is -3.87. The molecule has 0 unspecified atom stereocenters. The lowest BCUT2D eigenvalue weighted by atomic mass is 10.1. The van der Waals surface area contributed by atoms with Crippen molar-refractivity contribution in [1.29, 1.82) is 0 Å². The maximum atomic E-state index is 12.6. The first-order valence-corrected chi connectivity index (χ1v) is 10.4. The lowest BCUT2D eigenvalue weighted by Crippen LogP contribution is -2.24. The van der Waals surface area contributed by atoms with Gasteiger partial charge < -0.3 is 5.32 Å². The topological polar surface area (TPSA) is 75.3 Å². The first-order valence-electron chi connectivity index (χ1n) is 8.50. The van der Waals surface area contributed by atoms with Crippen LogP contribution in [0.15, 0.2) is 47.4 Å². The second-order valence-corrected chi connectivity index (χ2v) is 8.02. The van der Waals surface area contributed by atoms with E-state index in [0.29, 0.717) is 5.69 Å². The Balaban J connectivity index is 2.21. The van der Waals surface area contributed by atoms with E-state index in [-0.39, 0.29) is 22.0 Å². The number of amides is 1. The molecule has 2 aromatic carbocycles. The number of carbonyl (C=O) groups is 1. The largest absolute Gasteiger partial charge is 0.341 e.